The van der Waals surface area contributed by atoms with Gasteiger partial charge in [0.2, 0.25) is 0 Å². The Balaban J connectivity index is 1.92. The van der Waals surface area contributed by atoms with Crippen molar-refractivity contribution in [1.82, 2.24) is 4.90 Å². The Bertz CT molecular complexity index is 834. The summed E-state index contributed by atoms with van der Waals surface area (Å²) in [4.78, 5) is 25.7. The molecule has 1 atom stereocenters. The number of hydrogen-bond donors (Lipinski definition) is 0. The maximum atomic E-state index is 13.0. The first-order valence-corrected chi connectivity index (χ1v) is 8.80. The quantitative estimate of drug-likeness (QED) is 0.593. The molecule has 6 heteroatoms. The third kappa shape index (κ3) is 3.40. The van der Waals surface area contributed by atoms with Gasteiger partial charge in [-0.15, -0.1) is 0 Å². The first kappa shape index (κ1) is 17.9. The van der Waals surface area contributed by atoms with Crippen LogP contribution in [0.1, 0.15) is 47.3 Å². The Kier molecular flexibility index (Phi) is 5.21. The molecule has 1 saturated heterocycles. The second kappa shape index (κ2) is 7.56. The fourth-order valence-corrected chi connectivity index (χ4v) is 3.53. The number of hydrogen-bond acceptors (Lipinski definition) is 4. The van der Waals surface area contributed by atoms with Gasteiger partial charge in [0.25, 0.3) is 5.91 Å². The largest absolute Gasteiger partial charge is 0.487 e. The smallest absolute Gasteiger partial charge is 0.311 e. The summed E-state index contributed by atoms with van der Waals surface area (Å²) in [6, 6.07) is 12.5. The van der Waals surface area contributed by atoms with E-state index in [0.717, 1.165) is 24.0 Å². The van der Waals surface area contributed by atoms with Crippen molar-refractivity contribution in [2.75, 3.05) is 13.2 Å². The van der Waals surface area contributed by atoms with Crippen molar-refractivity contribution >= 4 is 11.6 Å². The van der Waals surface area contributed by atoms with E-state index in [2.05, 4.69) is 0 Å². The molecule has 1 amide bonds. The SMILES string of the molecule is CCOc1ccc(C(=O)N2CCCC2c2ccccc2C)cc1[N+](=O)[O-]. The van der Waals surface area contributed by atoms with E-state index < -0.39 is 4.92 Å². The molecule has 2 aromatic rings. The number of ether oxygens (including phenoxy) is 1. The summed E-state index contributed by atoms with van der Waals surface area (Å²) in [5, 5.41) is 11.3. The highest BCUT2D eigenvalue weighted by Crippen LogP contribution is 2.36. The van der Waals surface area contributed by atoms with E-state index in [1.807, 2.05) is 36.1 Å². The topological polar surface area (TPSA) is 72.7 Å². The second-order valence-electron chi connectivity index (χ2n) is 6.39. The molecule has 1 aliphatic heterocycles. The van der Waals surface area contributed by atoms with Crippen LogP contribution < -0.4 is 4.74 Å². The van der Waals surface area contributed by atoms with Crippen LogP contribution in [0.25, 0.3) is 0 Å². The number of carbonyl (C=O) groups is 1. The van der Waals surface area contributed by atoms with Gasteiger partial charge in [-0.2, -0.15) is 0 Å². The molecule has 2 aromatic carbocycles. The summed E-state index contributed by atoms with van der Waals surface area (Å²) in [5.74, 6) is 0.00725. The zero-order valence-electron chi connectivity index (χ0n) is 15.0. The molecule has 0 saturated carbocycles. The predicted molar refractivity (Wildman–Crippen MR) is 98.5 cm³/mol. The van der Waals surface area contributed by atoms with Gasteiger partial charge < -0.3 is 9.64 Å². The van der Waals surface area contributed by atoms with Crippen molar-refractivity contribution in [3.05, 3.63) is 69.3 Å². The molecule has 0 radical (unpaired) electrons. The summed E-state index contributed by atoms with van der Waals surface area (Å²) in [5.41, 5.74) is 2.43. The molecule has 1 heterocycles. The van der Waals surface area contributed by atoms with E-state index in [4.69, 9.17) is 4.74 Å². The zero-order chi connectivity index (χ0) is 18.7. The standard InChI is InChI=1S/C20H22N2O4/c1-3-26-19-11-10-15(13-18(19)22(24)25)20(23)21-12-6-9-17(21)16-8-5-4-7-14(16)2/h4-5,7-8,10-11,13,17H,3,6,9,12H2,1-2H3. The Morgan fingerprint density at radius 3 is 2.77 bits per heavy atom. The average molecular weight is 354 g/mol. The molecule has 0 aliphatic carbocycles. The molecule has 26 heavy (non-hydrogen) atoms. The Hall–Kier alpha value is -2.89. The van der Waals surface area contributed by atoms with E-state index in [1.165, 1.54) is 12.1 Å². The van der Waals surface area contributed by atoms with E-state index in [-0.39, 0.29) is 23.4 Å². The Labute approximate surface area is 152 Å². The van der Waals surface area contributed by atoms with Gasteiger partial charge in [0.1, 0.15) is 0 Å². The fourth-order valence-electron chi connectivity index (χ4n) is 3.53. The molecule has 6 nitrogen and oxygen atoms in total. The third-order valence-corrected chi connectivity index (χ3v) is 4.76. The summed E-state index contributed by atoms with van der Waals surface area (Å²) in [6.45, 7) is 4.78. The number of aryl methyl sites for hydroxylation is 1. The van der Waals surface area contributed by atoms with Crippen LogP contribution in [0, 0.1) is 17.0 Å². The highest BCUT2D eigenvalue weighted by Gasteiger charge is 2.32. The number of likely N-dealkylation sites (tertiary alicyclic amines) is 1. The molecule has 0 bridgehead atoms. The highest BCUT2D eigenvalue weighted by molar-refractivity contribution is 5.95. The van der Waals surface area contributed by atoms with Gasteiger partial charge in [0, 0.05) is 18.2 Å². The van der Waals surface area contributed by atoms with Crippen molar-refractivity contribution in [1.29, 1.82) is 0 Å². The van der Waals surface area contributed by atoms with Crippen molar-refractivity contribution in [3.8, 4) is 5.75 Å². The van der Waals surface area contributed by atoms with E-state index in [9.17, 15) is 14.9 Å². The van der Waals surface area contributed by atoms with Gasteiger partial charge in [0.05, 0.1) is 17.6 Å². The van der Waals surface area contributed by atoms with Gasteiger partial charge in [-0.1, -0.05) is 24.3 Å². The zero-order valence-corrected chi connectivity index (χ0v) is 15.0. The number of nitro benzene ring substituents is 1. The first-order valence-electron chi connectivity index (χ1n) is 8.80. The number of benzene rings is 2. The van der Waals surface area contributed by atoms with Gasteiger partial charge >= 0.3 is 5.69 Å². The van der Waals surface area contributed by atoms with Crippen LogP contribution in [0.5, 0.6) is 5.75 Å². The maximum Gasteiger partial charge on any atom is 0.311 e. The number of carbonyl (C=O) groups excluding carboxylic acids is 1. The van der Waals surface area contributed by atoms with Crippen LogP contribution in [-0.4, -0.2) is 28.9 Å². The van der Waals surface area contributed by atoms with Crippen LogP contribution in [0.3, 0.4) is 0 Å². The van der Waals surface area contributed by atoms with Crippen LogP contribution in [0.2, 0.25) is 0 Å². The van der Waals surface area contributed by atoms with Gasteiger partial charge in [-0.3, -0.25) is 14.9 Å². The van der Waals surface area contributed by atoms with E-state index in [0.29, 0.717) is 18.7 Å². The normalized spacial score (nSPS) is 16.5. The lowest BCUT2D eigenvalue weighted by molar-refractivity contribution is -0.385. The highest BCUT2D eigenvalue weighted by atomic mass is 16.6. The molecule has 136 valence electrons. The second-order valence-corrected chi connectivity index (χ2v) is 6.39. The lowest BCUT2D eigenvalue weighted by Crippen LogP contribution is -2.31. The Morgan fingerprint density at radius 1 is 1.31 bits per heavy atom. The monoisotopic (exact) mass is 354 g/mol. The Morgan fingerprint density at radius 2 is 2.08 bits per heavy atom. The van der Waals surface area contributed by atoms with E-state index >= 15 is 0 Å². The molecule has 1 aliphatic rings. The van der Waals surface area contributed by atoms with Crippen molar-refractivity contribution in [2.24, 2.45) is 0 Å². The molecule has 3 rings (SSSR count). The fraction of sp³-hybridized carbons (Fsp3) is 0.350. The minimum atomic E-state index is -0.509. The summed E-state index contributed by atoms with van der Waals surface area (Å²) in [6.07, 6.45) is 1.82. The summed E-state index contributed by atoms with van der Waals surface area (Å²) < 4.78 is 5.30. The van der Waals surface area contributed by atoms with Gasteiger partial charge in [-0.25, -0.2) is 0 Å². The van der Waals surface area contributed by atoms with Gasteiger partial charge in [-0.05, 0) is 49.9 Å². The third-order valence-electron chi connectivity index (χ3n) is 4.76. The molecular weight excluding hydrogens is 332 g/mol. The molecule has 1 fully saturated rings. The number of nitro groups is 1. The van der Waals surface area contributed by atoms with Crippen LogP contribution >= 0.6 is 0 Å². The minimum absolute atomic E-state index is 0.00863. The summed E-state index contributed by atoms with van der Waals surface area (Å²) in [7, 11) is 0. The van der Waals surface area contributed by atoms with E-state index in [1.54, 1.807) is 13.0 Å². The van der Waals surface area contributed by atoms with Crippen molar-refractivity contribution in [3.63, 3.8) is 0 Å². The predicted octanol–water partition coefficient (Wildman–Crippen LogP) is 4.28. The lowest BCUT2D eigenvalue weighted by atomic mass is 9.99. The first-order chi connectivity index (χ1) is 12.5. The van der Waals surface area contributed by atoms with Crippen LogP contribution in [0.15, 0.2) is 42.5 Å². The molecule has 0 aromatic heterocycles. The molecule has 0 spiro atoms. The number of nitrogens with zero attached hydrogens (tertiary/aromatic N) is 2. The minimum Gasteiger partial charge on any atom is -0.487 e. The summed E-state index contributed by atoms with van der Waals surface area (Å²) >= 11 is 0. The van der Waals surface area contributed by atoms with Crippen LogP contribution in [0.4, 0.5) is 5.69 Å². The van der Waals surface area contributed by atoms with Crippen LogP contribution in [-0.2, 0) is 0 Å². The number of rotatable bonds is 5. The number of amides is 1. The van der Waals surface area contributed by atoms with Crippen molar-refractivity contribution < 1.29 is 14.5 Å². The maximum absolute atomic E-state index is 13.0. The van der Waals surface area contributed by atoms with Gasteiger partial charge in [0.15, 0.2) is 5.75 Å². The average Bonchev–Trinajstić information content (AvgIpc) is 3.11. The molecular formula is C20H22N2O4. The molecule has 1 unspecified atom stereocenters. The lowest BCUT2D eigenvalue weighted by Gasteiger charge is -2.26. The van der Waals surface area contributed by atoms with Crippen molar-refractivity contribution in [2.45, 2.75) is 32.7 Å². The molecule has 0 N–H and O–H groups in total.